The van der Waals surface area contributed by atoms with Crippen LogP contribution in [0.5, 0.6) is 0 Å². The van der Waals surface area contributed by atoms with Crippen LogP contribution < -0.4 is 0 Å². The van der Waals surface area contributed by atoms with E-state index in [2.05, 4.69) is 43.3 Å². The van der Waals surface area contributed by atoms with E-state index in [-0.39, 0.29) is 4.75 Å². The van der Waals surface area contributed by atoms with Crippen LogP contribution in [0.25, 0.3) is 0 Å². The van der Waals surface area contributed by atoms with Crippen LogP contribution in [0.4, 0.5) is 0 Å². The molecule has 0 N–H and O–H groups in total. The Balaban J connectivity index is 2.26. The molecular formula is C12H17Cl3GeSi. The number of hydrogen-bond acceptors (Lipinski definition) is 0. The van der Waals surface area contributed by atoms with Gasteiger partial charge in [0.1, 0.15) is 0 Å². The van der Waals surface area contributed by atoms with Gasteiger partial charge in [0.05, 0.1) is 0 Å². The maximum atomic E-state index is 6.31. The third-order valence-electron chi connectivity index (χ3n) is 3.45. The van der Waals surface area contributed by atoms with Crippen molar-refractivity contribution in [3.05, 3.63) is 12.2 Å². The molecule has 5 heteroatoms. The zero-order valence-corrected chi connectivity index (χ0v) is 15.7. The van der Waals surface area contributed by atoms with E-state index in [1.165, 1.54) is 0 Å². The van der Waals surface area contributed by atoms with E-state index >= 15 is 0 Å². The van der Waals surface area contributed by atoms with Crippen molar-refractivity contribution in [2.45, 2.75) is 30.8 Å². The first-order chi connectivity index (χ1) is 7.68. The standard InChI is InChI=1S/C12H17Cl3GeSi/c1-17(2,3)7-6-11-9-4-5-10(8-9)12(11)16(13,14)15/h4-5,9-12H,8H2,1-3H3. The van der Waals surface area contributed by atoms with Gasteiger partial charge in [0.25, 0.3) is 0 Å². The molecule has 17 heavy (non-hydrogen) atoms. The Labute approximate surface area is 120 Å². The molecule has 0 aromatic carbocycles. The van der Waals surface area contributed by atoms with E-state index in [0.29, 0.717) is 17.8 Å². The average molecular weight is 368 g/mol. The van der Waals surface area contributed by atoms with Crippen molar-refractivity contribution in [1.29, 1.82) is 0 Å². The molecule has 94 valence electrons. The summed E-state index contributed by atoms with van der Waals surface area (Å²) in [5.41, 5.74) is 3.46. The van der Waals surface area contributed by atoms with Crippen molar-refractivity contribution in [1.82, 2.24) is 0 Å². The first-order valence-electron chi connectivity index (χ1n) is 5.96. The van der Waals surface area contributed by atoms with Crippen LogP contribution in [0, 0.1) is 29.2 Å². The molecule has 0 radical (unpaired) electrons. The zero-order chi connectivity index (χ0) is 12.8. The molecule has 2 rings (SSSR count). The predicted molar refractivity (Wildman–Crippen MR) is 82.4 cm³/mol. The van der Waals surface area contributed by atoms with Crippen molar-refractivity contribution >= 4 is 48.6 Å². The molecule has 0 aromatic heterocycles. The first-order valence-corrected chi connectivity index (χ1v) is 18.9. The minimum absolute atomic E-state index is 0.249. The van der Waals surface area contributed by atoms with E-state index in [1.807, 2.05) is 0 Å². The Morgan fingerprint density at radius 2 is 1.71 bits per heavy atom. The van der Waals surface area contributed by atoms with Crippen LogP contribution in [0.15, 0.2) is 12.2 Å². The predicted octanol–water partition coefficient (Wildman–Crippen LogP) is 4.71. The molecule has 0 aliphatic heterocycles. The summed E-state index contributed by atoms with van der Waals surface area (Å²) in [6, 6.07) is 0. The first kappa shape index (κ1) is 14.3. The van der Waals surface area contributed by atoms with Crippen LogP contribution in [-0.2, 0) is 0 Å². The molecule has 0 heterocycles. The minimum atomic E-state index is -3.17. The van der Waals surface area contributed by atoms with Crippen LogP contribution in [0.3, 0.4) is 0 Å². The van der Waals surface area contributed by atoms with E-state index in [9.17, 15) is 0 Å². The summed E-state index contributed by atoms with van der Waals surface area (Å²) in [6.45, 7) is 6.78. The quantitative estimate of drug-likeness (QED) is 0.357. The fraction of sp³-hybridized carbons (Fsp3) is 0.667. The summed E-state index contributed by atoms with van der Waals surface area (Å²) in [5.74, 6) is 4.79. The molecule has 2 aliphatic rings. The van der Waals surface area contributed by atoms with Gasteiger partial charge in [-0.25, -0.2) is 0 Å². The second kappa shape index (κ2) is 4.80. The molecule has 0 nitrogen and oxygen atoms in total. The Bertz CT molecular complexity index is 397. The Morgan fingerprint density at radius 1 is 1.12 bits per heavy atom. The van der Waals surface area contributed by atoms with Gasteiger partial charge in [0.2, 0.25) is 0 Å². The second-order valence-corrected chi connectivity index (χ2v) is 26.8. The van der Waals surface area contributed by atoms with Crippen LogP contribution in [0.1, 0.15) is 6.42 Å². The molecule has 4 unspecified atom stereocenters. The summed E-state index contributed by atoms with van der Waals surface area (Å²) in [7, 11) is 14.4. The third-order valence-corrected chi connectivity index (χ3v) is 11.5. The van der Waals surface area contributed by atoms with Gasteiger partial charge in [-0.15, -0.1) is 0 Å². The number of rotatable bonds is 1. The van der Waals surface area contributed by atoms with Gasteiger partial charge in [-0.3, -0.25) is 0 Å². The summed E-state index contributed by atoms with van der Waals surface area (Å²) >= 11 is 0. The number of hydrogen-bond donors (Lipinski definition) is 0. The summed E-state index contributed by atoms with van der Waals surface area (Å²) in [6.07, 6.45) is 5.67. The summed E-state index contributed by atoms with van der Waals surface area (Å²) < 4.78 is 0.249. The summed E-state index contributed by atoms with van der Waals surface area (Å²) in [5, 5.41) is 0. The Morgan fingerprint density at radius 3 is 2.24 bits per heavy atom. The fourth-order valence-electron chi connectivity index (χ4n) is 2.77. The van der Waals surface area contributed by atoms with E-state index < -0.39 is 18.6 Å². The van der Waals surface area contributed by atoms with E-state index in [0.717, 1.165) is 6.42 Å². The molecular weight excluding hydrogens is 351 g/mol. The third kappa shape index (κ3) is 3.28. The van der Waals surface area contributed by atoms with Crippen molar-refractivity contribution in [3.8, 4) is 11.5 Å². The molecule has 0 spiro atoms. The van der Waals surface area contributed by atoms with E-state index in [4.69, 9.17) is 30.0 Å². The zero-order valence-electron chi connectivity index (χ0n) is 10.3. The maximum absolute atomic E-state index is 6.31. The molecule has 2 bridgehead atoms. The van der Waals surface area contributed by atoms with Crippen molar-refractivity contribution in [2.24, 2.45) is 17.8 Å². The van der Waals surface area contributed by atoms with Gasteiger partial charge in [-0.05, 0) is 0 Å². The van der Waals surface area contributed by atoms with Crippen molar-refractivity contribution in [2.75, 3.05) is 0 Å². The van der Waals surface area contributed by atoms with Gasteiger partial charge < -0.3 is 0 Å². The number of allylic oxidation sites excluding steroid dienone is 2. The molecule has 1 fully saturated rings. The normalized spacial score (nSPS) is 35.9. The van der Waals surface area contributed by atoms with Crippen LogP contribution in [-0.4, -0.2) is 18.6 Å². The Hall–Kier alpha value is 0.930. The van der Waals surface area contributed by atoms with Crippen molar-refractivity contribution in [3.63, 3.8) is 0 Å². The van der Waals surface area contributed by atoms with E-state index in [1.54, 1.807) is 0 Å². The topological polar surface area (TPSA) is 0 Å². The SMILES string of the molecule is C[Si](C)(C)C#CC1C2C=CC(C2)[CH]1[Ge]([Cl])([Cl])[Cl]. The second-order valence-electron chi connectivity index (χ2n) is 6.06. The molecule has 4 atom stereocenters. The molecule has 1 saturated carbocycles. The van der Waals surface area contributed by atoms with Gasteiger partial charge in [-0.1, -0.05) is 0 Å². The molecule has 0 saturated heterocycles. The summed E-state index contributed by atoms with van der Waals surface area (Å²) in [4.78, 5) is 0. The van der Waals surface area contributed by atoms with Gasteiger partial charge in [0.15, 0.2) is 0 Å². The van der Waals surface area contributed by atoms with Gasteiger partial charge >= 0.3 is 121 Å². The number of halogens is 3. The molecule has 2 aliphatic carbocycles. The van der Waals surface area contributed by atoms with Gasteiger partial charge in [-0.2, -0.15) is 0 Å². The fourth-order valence-corrected chi connectivity index (χ4v) is 11.1. The van der Waals surface area contributed by atoms with Crippen LogP contribution in [0.2, 0.25) is 24.4 Å². The van der Waals surface area contributed by atoms with Crippen LogP contribution >= 0.6 is 30.0 Å². The molecule has 0 amide bonds. The monoisotopic (exact) mass is 368 g/mol. The van der Waals surface area contributed by atoms with Gasteiger partial charge in [0, 0.05) is 0 Å². The number of fused-ring (bicyclic) bond motifs is 2. The van der Waals surface area contributed by atoms with Crippen molar-refractivity contribution < 1.29 is 0 Å². The molecule has 0 aromatic rings. The average Bonchev–Trinajstić information content (AvgIpc) is 2.70. The Kier molecular flexibility index (Phi) is 4.05.